The second-order valence-corrected chi connectivity index (χ2v) is 11.4. The second-order valence-electron chi connectivity index (χ2n) is 6.47. The van der Waals surface area contributed by atoms with E-state index in [1.54, 1.807) is 6.92 Å². The summed E-state index contributed by atoms with van der Waals surface area (Å²) in [5, 5.41) is 0.539. The zero-order chi connectivity index (χ0) is 21.1. The summed E-state index contributed by atoms with van der Waals surface area (Å²) in [6.45, 7) is 1.59. The molecule has 0 spiro atoms. The van der Waals surface area contributed by atoms with Crippen LogP contribution in [0.2, 0.25) is 10.0 Å². The van der Waals surface area contributed by atoms with E-state index >= 15 is 0 Å². The molecular formula is C18H20Cl2FNO4S2. The Hall–Kier alpha value is -1.35. The fourth-order valence-corrected chi connectivity index (χ4v) is 5.41. The molecular weight excluding hydrogens is 448 g/mol. The van der Waals surface area contributed by atoms with Crippen molar-refractivity contribution in [2.24, 2.45) is 0 Å². The number of hydrogen-bond acceptors (Lipinski definition) is 4. The van der Waals surface area contributed by atoms with Gasteiger partial charge in [0.15, 0.2) is 0 Å². The molecule has 154 valence electrons. The van der Waals surface area contributed by atoms with Gasteiger partial charge < -0.3 is 0 Å². The summed E-state index contributed by atoms with van der Waals surface area (Å²) in [6, 6.07) is 8.44. The molecule has 0 N–H and O–H groups in total. The third-order valence-corrected chi connectivity index (χ3v) is 7.51. The van der Waals surface area contributed by atoms with E-state index in [-0.39, 0.29) is 34.2 Å². The van der Waals surface area contributed by atoms with Crippen LogP contribution < -0.4 is 4.31 Å². The Kier molecular flexibility index (Phi) is 7.36. The van der Waals surface area contributed by atoms with Gasteiger partial charge in [0.1, 0.15) is 15.7 Å². The molecule has 0 radical (unpaired) electrons. The smallest absolute Gasteiger partial charge is 0.261 e. The molecule has 1 unspecified atom stereocenters. The summed E-state index contributed by atoms with van der Waals surface area (Å²) in [5.74, 6) is -0.846. The van der Waals surface area contributed by atoms with Crippen LogP contribution in [-0.4, -0.2) is 34.9 Å². The molecule has 1 atom stereocenters. The van der Waals surface area contributed by atoms with Crippen molar-refractivity contribution in [2.75, 3.05) is 16.3 Å². The Morgan fingerprint density at radius 1 is 1.00 bits per heavy atom. The fourth-order valence-electron chi connectivity index (χ4n) is 2.74. The predicted molar refractivity (Wildman–Crippen MR) is 111 cm³/mol. The van der Waals surface area contributed by atoms with Crippen LogP contribution in [0.1, 0.15) is 19.8 Å². The average Bonchev–Trinajstić information content (AvgIpc) is 2.57. The zero-order valence-electron chi connectivity index (χ0n) is 15.3. The van der Waals surface area contributed by atoms with Crippen LogP contribution in [0.25, 0.3) is 0 Å². The van der Waals surface area contributed by atoms with Gasteiger partial charge in [0.05, 0.1) is 10.6 Å². The highest BCUT2D eigenvalue weighted by atomic mass is 35.5. The van der Waals surface area contributed by atoms with E-state index in [0.717, 1.165) is 16.6 Å². The van der Waals surface area contributed by atoms with Crippen LogP contribution in [-0.2, 0) is 19.9 Å². The van der Waals surface area contributed by atoms with Crippen LogP contribution in [0.3, 0.4) is 0 Å². The number of sulfone groups is 1. The lowest BCUT2D eigenvalue weighted by atomic mass is 10.2. The fraction of sp³-hybridized carbons (Fsp3) is 0.333. The van der Waals surface area contributed by atoms with Crippen molar-refractivity contribution in [2.45, 2.75) is 30.7 Å². The van der Waals surface area contributed by atoms with Crippen molar-refractivity contribution in [3.8, 4) is 0 Å². The summed E-state index contributed by atoms with van der Waals surface area (Å²) < 4.78 is 64.8. The molecule has 0 aliphatic heterocycles. The van der Waals surface area contributed by atoms with Gasteiger partial charge in [0.25, 0.3) is 10.0 Å². The number of halogens is 3. The number of rotatable bonds is 8. The Morgan fingerprint density at radius 2 is 1.57 bits per heavy atom. The highest BCUT2D eigenvalue weighted by Gasteiger charge is 2.31. The minimum Gasteiger partial charge on any atom is -0.261 e. The van der Waals surface area contributed by atoms with E-state index in [1.807, 2.05) is 0 Å². The van der Waals surface area contributed by atoms with Crippen LogP contribution >= 0.6 is 23.2 Å². The van der Waals surface area contributed by atoms with Crippen LogP contribution in [0, 0.1) is 5.82 Å². The topological polar surface area (TPSA) is 71.5 Å². The molecule has 10 heteroatoms. The van der Waals surface area contributed by atoms with Gasteiger partial charge in [0.2, 0.25) is 0 Å². The second kappa shape index (κ2) is 8.98. The van der Waals surface area contributed by atoms with Gasteiger partial charge in [-0.05, 0) is 62.2 Å². The molecule has 2 rings (SSSR count). The molecule has 2 aromatic carbocycles. The van der Waals surface area contributed by atoms with Gasteiger partial charge >= 0.3 is 0 Å². The number of benzene rings is 2. The molecule has 28 heavy (non-hydrogen) atoms. The van der Waals surface area contributed by atoms with Crippen molar-refractivity contribution in [1.29, 1.82) is 0 Å². The van der Waals surface area contributed by atoms with Crippen LogP contribution in [0.5, 0.6) is 0 Å². The van der Waals surface area contributed by atoms with E-state index in [9.17, 15) is 21.2 Å². The molecule has 5 nitrogen and oxygen atoms in total. The highest BCUT2D eigenvalue weighted by Crippen LogP contribution is 2.32. The minimum absolute atomic E-state index is 0.0637. The Labute approximate surface area is 175 Å². The lowest BCUT2D eigenvalue weighted by Crippen LogP contribution is -2.39. The van der Waals surface area contributed by atoms with Gasteiger partial charge in [-0.1, -0.05) is 23.2 Å². The average molecular weight is 468 g/mol. The summed E-state index contributed by atoms with van der Waals surface area (Å²) in [7, 11) is -7.34. The first-order valence-electron chi connectivity index (χ1n) is 8.34. The van der Waals surface area contributed by atoms with Crippen molar-refractivity contribution in [1.82, 2.24) is 0 Å². The monoisotopic (exact) mass is 467 g/mol. The molecule has 0 aliphatic carbocycles. The van der Waals surface area contributed by atoms with Gasteiger partial charge in [-0.2, -0.15) is 0 Å². The number of anilines is 1. The number of sulfonamides is 1. The molecule has 0 fully saturated rings. The summed E-state index contributed by atoms with van der Waals surface area (Å²) in [4.78, 5) is -0.0637. The minimum atomic E-state index is -4.15. The Morgan fingerprint density at radius 3 is 2.14 bits per heavy atom. The van der Waals surface area contributed by atoms with Gasteiger partial charge in [-0.3, -0.25) is 4.31 Å². The standard InChI is InChI=1S/C18H20Cl2FNO4S2/c1-13(4-3-11-27(2,23)24)22(18-12-15(20)7-10-17(18)21)28(25,26)16-8-5-14(19)6-9-16/h5-10,12-13H,3-4,11H2,1-2H3. The number of nitrogens with zero attached hydrogens (tertiary/aromatic N) is 1. The van der Waals surface area contributed by atoms with E-state index in [1.165, 1.54) is 36.4 Å². The number of hydrogen-bond donors (Lipinski definition) is 0. The molecule has 0 saturated heterocycles. The molecule has 0 heterocycles. The molecule has 0 aromatic heterocycles. The van der Waals surface area contributed by atoms with E-state index in [2.05, 4.69) is 0 Å². The SMILES string of the molecule is CC(CCCS(C)(=O)=O)N(c1cc(Cl)ccc1F)S(=O)(=O)c1ccc(Cl)cc1. The van der Waals surface area contributed by atoms with Crippen molar-refractivity contribution >= 4 is 48.7 Å². The Balaban J connectivity index is 2.49. The normalized spacial score (nSPS) is 13.3. The van der Waals surface area contributed by atoms with E-state index in [4.69, 9.17) is 23.2 Å². The Bertz CT molecular complexity index is 1040. The van der Waals surface area contributed by atoms with Crippen molar-refractivity contribution in [3.05, 3.63) is 58.3 Å². The van der Waals surface area contributed by atoms with Crippen molar-refractivity contribution < 1.29 is 21.2 Å². The summed E-state index contributed by atoms with van der Waals surface area (Å²) in [6.07, 6.45) is 1.55. The highest BCUT2D eigenvalue weighted by molar-refractivity contribution is 7.93. The third kappa shape index (κ3) is 5.83. The van der Waals surface area contributed by atoms with Crippen LogP contribution in [0.4, 0.5) is 10.1 Å². The quantitative estimate of drug-likeness (QED) is 0.570. The van der Waals surface area contributed by atoms with E-state index in [0.29, 0.717) is 5.02 Å². The van der Waals surface area contributed by atoms with Gasteiger partial charge in [0, 0.05) is 28.1 Å². The first-order chi connectivity index (χ1) is 12.9. The molecule has 0 bridgehead atoms. The van der Waals surface area contributed by atoms with Crippen LogP contribution in [0.15, 0.2) is 47.4 Å². The lowest BCUT2D eigenvalue weighted by Gasteiger charge is -2.31. The first kappa shape index (κ1) is 22.9. The summed E-state index contributed by atoms with van der Waals surface area (Å²) >= 11 is 11.8. The molecule has 2 aromatic rings. The van der Waals surface area contributed by atoms with Gasteiger partial charge in [-0.15, -0.1) is 0 Å². The molecule has 0 aliphatic rings. The first-order valence-corrected chi connectivity index (χ1v) is 12.6. The van der Waals surface area contributed by atoms with Crippen molar-refractivity contribution in [3.63, 3.8) is 0 Å². The maximum absolute atomic E-state index is 14.5. The molecule has 0 amide bonds. The maximum atomic E-state index is 14.5. The van der Waals surface area contributed by atoms with Gasteiger partial charge in [-0.25, -0.2) is 21.2 Å². The summed E-state index contributed by atoms with van der Waals surface area (Å²) in [5.41, 5.74) is -0.200. The largest absolute Gasteiger partial charge is 0.264 e. The predicted octanol–water partition coefficient (Wildman–Crippen LogP) is 4.54. The van der Waals surface area contributed by atoms with E-state index < -0.39 is 31.7 Å². The lowest BCUT2D eigenvalue weighted by molar-refractivity contribution is 0.557. The zero-order valence-corrected chi connectivity index (χ0v) is 18.4. The maximum Gasteiger partial charge on any atom is 0.264 e. The molecule has 0 saturated carbocycles. The third-order valence-electron chi connectivity index (χ3n) is 4.05.